The van der Waals surface area contributed by atoms with Crippen LogP contribution in [0.1, 0.15) is 24.0 Å². The summed E-state index contributed by atoms with van der Waals surface area (Å²) in [5.41, 5.74) is 2.78. The van der Waals surface area contributed by atoms with Crippen LogP contribution in [0.2, 0.25) is 0 Å². The minimum Gasteiger partial charge on any atom is -0.396 e. The van der Waals surface area contributed by atoms with Gasteiger partial charge < -0.3 is 5.11 Å². The van der Waals surface area contributed by atoms with Gasteiger partial charge in [-0.25, -0.2) is 0 Å². The van der Waals surface area contributed by atoms with Gasteiger partial charge in [-0.3, -0.25) is 4.98 Å². The standard InChI is InChI=1S/C11H15NO/c1-9-2-5-12-7-10(9)6-11(8-13)3-4-11/h2,5,7,13H,3-4,6,8H2,1H3. The molecule has 2 heteroatoms. The third kappa shape index (κ3) is 1.73. The van der Waals surface area contributed by atoms with Crippen LogP contribution in [0.5, 0.6) is 0 Å². The molecule has 0 bridgehead atoms. The van der Waals surface area contributed by atoms with E-state index < -0.39 is 0 Å². The lowest BCUT2D eigenvalue weighted by Crippen LogP contribution is -2.11. The number of aliphatic hydroxyl groups is 1. The molecule has 0 aromatic carbocycles. The number of aliphatic hydroxyl groups excluding tert-OH is 1. The molecule has 1 fully saturated rings. The van der Waals surface area contributed by atoms with Crippen LogP contribution in [-0.4, -0.2) is 16.7 Å². The van der Waals surface area contributed by atoms with Crippen LogP contribution in [0, 0.1) is 12.3 Å². The van der Waals surface area contributed by atoms with Crippen LogP contribution in [0.25, 0.3) is 0 Å². The highest BCUT2D eigenvalue weighted by Gasteiger charge is 2.41. The second kappa shape index (κ2) is 3.11. The average Bonchev–Trinajstić information content (AvgIpc) is 2.90. The quantitative estimate of drug-likeness (QED) is 0.762. The Bertz CT molecular complexity index is 305. The smallest absolute Gasteiger partial charge is 0.0490 e. The fourth-order valence-corrected chi connectivity index (χ4v) is 1.65. The maximum atomic E-state index is 9.19. The van der Waals surface area contributed by atoms with Crippen LogP contribution >= 0.6 is 0 Å². The van der Waals surface area contributed by atoms with Gasteiger partial charge in [0.25, 0.3) is 0 Å². The summed E-state index contributed by atoms with van der Waals surface area (Å²) in [4.78, 5) is 4.11. The molecule has 1 aromatic rings. The van der Waals surface area contributed by atoms with Gasteiger partial charge in [0.15, 0.2) is 0 Å². The molecule has 0 amide bonds. The summed E-state index contributed by atoms with van der Waals surface area (Å²) in [6, 6.07) is 2.03. The van der Waals surface area contributed by atoms with E-state index in [0.29, 0.717) is 6.61 Å². The van der Waals surface area contributed by atoms with Gasteiger partial charge in [-0.15, -0.1) is 0 Å². The zero-order valence-corrected chi connectivity index (χ0v) is 7.95. The van der Waals surface area contributed by atoms with Crippen molar-refractivity contribution in [3.8, 4) is 0 Å². The van der Waals surface area contributed by atoms with Crippen molar-refractivity contribution in [2.75, 3.05) is 6.61 Å². The van der Waals surface area contributed by atoms with Gasteiger partial charge in [-0.1, -0.05) is 0 Å². The molecule has 1 aromatic heterocycles. The molecule has 1 N–H and O–H groups in total. The monoisotopic (exact) mass is 177 g/mol. The maximum absolute atomic E-state index is 9.19. The van der Waals surface area contributed by atoms with Crippen molar-refractivity contribution in [2.24, 2.45) is 5.41 Å². The molecule has 13 heavy (non-hydrogen) atoms. The van der Waals surface area contributed by atoms with Crippen molar-refractivity contribution in [3.63, 3.8) is 0 Å². The van der Waals surface area contributed by atoms with Crippen molar-refractivity contribution in [1.29, 1.82) is 0 Å². The van der Waals surface area contributed by atoms with Gasteiger partial charge in [0.1, 0.15) is 0 Å². The molecule has 0 spiro atoms. The Balaban J connectivity index is 2.14. The van der Waals surface area contributed by atoms with Crippen LogP contribution in [0.15, 0.2) is 18.5 Å². The first-order chi connectivity index (χ1) is 6.26. The first-order valence-corrected chi connectivity index (χ1v) is 4.76. The largest absolute Gasteiger partial charge is 0.396 e. The summed E-state index contributed by atoms with van der Waals surface area (Å²) >= 11 is 0. The predicted molar refractivity (Wildman–Crippen MR) is 51.4 cm³/mol. The Morgan fingerprint density at radius 1 is 1.54 bits per heavy atom. The van der Waals surface area contributed by atoms with Crippen molar-refractivity contribution < 1.29 is 5.11 Å². The van der Waals surface area contributed by atoms with E-state index in [1.165, 1.54) is 11.1 Å². The van der Waals surface area contributed by atoms with E-state index >= 15 is 0 Å². The zero-order valence-electron chi connectivity index (χ0n) is 7.95. The Morgan fingerprint density at radius 2 is 2.31 bits per heavy atom. The molecule has 0 saturated heterocycles. The molecular formula is C11H15NO. The second-order valence-electron chi connectivity index (χ2n) is 4.14. The van der Waals surface area contributed by atoms with E-state index in [9.17, 15) is 5.11 Å². The minimum absolute atomic E-state index is 0.202. The summed E-state index contributed by atoms with van der Waals surface area (Å²) in [5.74, 6) is 0. The molecule has 2 nitrogen and oxygen atoms in total. The highest BCUT2D eigenvalue weighted by atomic mass is 16.3. The van der Waals surface area contributed by atoms with Crippen molar-refractivity contribution >= 4 is 0 Å². The Labute approximate surface area is 78.6 Å². The van der Waals surface area contributed by atoms with E-state index in [0.717, 1.165) is 19.3 Å². The first kappa shape index (κ1) is 8.70. The third-order valence-electron chi connectivity index (χ3n) is 3.01. The number of hydrogen-bond donors (Lipinski definition) is 1. The fourth-order valence-electron chi connectivity index (χ4n) is 1.65. The summed E-state index contributed by atoms with van der Waals surface area (Å²) in [6.07, 6.45) is 7.06. The fraction of sp³-hybridized carbons (Fsp3) is 0.545. The van der Waals surface area contributed by atoms with Crippen molar-refractivity contribution in [1.82, 2.24) is 4.98 Å². The number of nitrogens with zero attached hydrogens (tertiary/aromatic N) is 1. The molecule has 1 saturated carbocycles. The summed E-state index contributed by atoms with van der Waals surface area (Å²) in [5, 5.41) is 9.19. The van der Waals surface area contributed by atoms with Gasteiger partial charge >= 0.3 is 0 Å². The summed E-state index contributed by atoms with van der Waals surface area (Å²) < 4.78 is 0. The Hall–Kier alpha value is -0.890. The van der Waals surface area contributed by atoms with Crippen LogP contribution in [0.4, 0.5) is 0 Å². The molecule has 1 heterocycles. The summed E-state index contributed by atoms with van der Waals surface area (Å²) in [6.45, 7) is 2.42. The highest BCUT2D eigenvalue weighted by Crippen LogP contribution is 2.47. The van der Waals surface area contributed by atoms with E-state index in [1.54, 1.807) is 0 Å². The van der Waals surface area contributed by atoms with Crippen LogP contribution < -0.4 is 0 Å². The molecular weight excluding hydrogens is 162 g/mol. The number of pyridine rings is 1. The van der Waals surface area contributed by atoms with Crippen LogP contribution in [0.3, 0.4) is 0 Å². The molecule has 0 radical (unpaired) electrons. The highest BCUT2D eigenvalue weighted by molar-refractivity contribution is 5.24. The SMILES string of the molecule is Cc1ccncc1CC1(CO)CC1. The molecule has 70 valence electrons. The number of rotatable bonds is 3. The van der Waals surface area contributed by atoms with Gasteiger partial charge in [-0.05, 0) is 48.8 Å². The van der Waals surface area contributed by atoms with E-state index in [1.807, 2.05) is 18.5 Å². The van der Waals surface area contributed by atoms with Crippen LogP contribution in [-0.2, 0) is 6.42 Å². The van der Waals surface area contributed by atoms with Gasteiger partial charge in [0.05, 0.1) is 0 Å². The van der Waals surface area contributed by atoms with E-state index in [4.69, 9.17) is 0 Å². The summed E-state index contributed by atoms with van der Waals surface area (Å²) in [7, 11) is 0. The lowest BCUT2D eigenvalue weighted by Gasteiger charge is -2.12. The first-order valence-electron chi connectivity index (χ1n) is 4.76. The lowest BCUT2D eigenvalue weighted by atomic mass is 9.96. The van der Waals surface area contributed by atoms with Crippen molar-refractivity contribution in [2.45, 2.75) is 26.2 Å². The molecule has 1 aliphatic carbocycles. The van der Waals surface area contributed by atoms with E-state index in [-0.39, 0.29) is 5.41 Å². The third-order valence-corrected chi connectivity index (χ3v) is 3.01. The molecule has 0 aliphatic heterocycles. The van der Waals surface area contributed by atoms with Crippen molar-refractivity contribution in [3.05, 3.63) is 29.6 Å². The number of aryl methyl sites for hydroxylation is 1. The maximum Gasteiger partial charge on any atom is 0.0490 e. The molecule has 2 rings (SSSR count). The minimum atomic E-state index is 0.202. The topological polar surface area (TPSA) is 33.1 Å². The van der Waals surface area contributed by atoms with Gasteiger partial charge in [-0.2, -0.15) is 0 Å². The Kier molecular flexibility index (Phi) is 2.08. The number of hydrogen-bond acceptors (Lipinski definition) is 2. The second-order valence-corrected chi connectivity index (χ2v) is 4.14. The lowest BCUT2D eigenvalue weighted by molar-refractivity contribution is 0.211. The molecule has 0 unspecified atom stereocenters. The van der Waals surface area contributed by atoms with Gasteiger partial charge in [0, 0.05) is 19.0 Å². The van der Waals surface area contributed by atoms with Gasteiger partial charge in [0.2, 0.25) is 0 Å². The number of aromatic nitrogens is 1. The predicted octanol–water partition coefficient (Wildman–Crippen LogP) is 1.71. The average molecular weight is 177 g/mol. The normalized spacial score (nSPS) is 18.6. The zero-order chi connectivity index (χ0) is 9.31. The Morgan fingerprint density at radius 3 is 2.85 bits per heavy atom. The molecule has 0 atom stereocenters. The molecule has 1 aliphatic rings. The van der Waals surface area contributed by atoms with E-state index in [2.05, 4.69) is 11.9 Å².